The first-order valence-electron chi connectivity index (χ1n) is 7.79. The largest absolute Gasteiger partial charge is 0.495 e. The second-order valence-electron chi connectivity index (χ2n) is 5.50. The Kier molecular flexibility index (Phi) is 6.10. The maximum Gasteiger partial charge on any atom is 0.134 e. The summed E-state index contributed by atoms with van der Waals surface area (Å²) in [5.41, 5.74) is 2.11. The first-order valence-corrected chi connectivity index (χ1v) is 7.79. The van der Waals surface area contributed by atoms with Gasteiger partial charge in [-0.05, 0) is 37.1 Å². The van der Waals surface area contributed by atoms with Crippen LogP contribution in [-0.4, -0.2) is 36.3 Å². The van der Waals surface area contributed by atoms with Crippen LogP contribution in [0.4, 0.5) is 0 Å². The third kappa shape index (κ3) is 4.23. The van der Waals surface area contributed by atoms with E-state index in [1.165, 1.54) is 31.2 Å². The molecule has 3 nitrogen and oxygen atoms in total. The zero-order valence-corrected chi connectivity index (χ0v) is 13.1. The maximum absolute atomic E-state index is 8.86. The Labute approximate surface area is 127 Å². The normalized spacial score (nSPS) is 15.0. The molecule has 0 heterocycles. The molecule has 0 atom stereocenters. The summed E-state index contributed by atoms with van der Waals surface area (Å²) in [7, 11) is 1.65. The average Bonchev–Trinajstić information content (AvgIpc) is 3.04. The summed E-state index contributed by atoms with van der Waals surface area (Å²) in [6, 6.07) is 6.89. The van der Waals surface area contributed by atoms with Gasteiger partial charge in [0, 0.05) is 12.6 Å². The van der Waals surface area contributed by atoms with E-state index in [-0.39, 0.29) is 6.61 Å². The summed E-state index contributed by atoms with van der Waals surface area (Å²) in [6.45, 7) is 4.14. The Morgan fingerprint density at radius 1 is 1.33 bits per heavy atom. The summed E-state index contributed by atoms with van der Waals surface area (Å²) in [6.07, 6.45) is 5.36. The highest BCUT2D eigenvalue weighted by Gasteiger charge is 2.21. The van der Waals surface area contributed by atoms with E-state index in [1.54, 1.807) is 7.11 Å². The zero-order chi connectivity index (χ0) is 15.1. The van der Waals surface area contributed by atoms with Gasteiger partial charge in [-0.25, -0.2) is 0 Å². The van der Waals surface area contributed by atoms with Crippen molar-refractivity contribution in [1.82, 2.24) is 4.90 Å². The molecule has 1 aliphatic carbocycles. The lowest BCUT2D eigenvalue weighted by Crippen LogP contribution is -2.32. The van der Waals surface area contributed by atoms with Gasteiger partial charge in [-0.15, -0.1) is 0 Å². The van der Waals surface area contributed by atoms with Crippen LogP contribution in [0.1, 0.15) is 43.7 Å². The van der Waals surface area contributed by atoms with Crippen molar-refractivity contribution in [1.29, 1.82) is 0 Å². The number of hydrogen-bond donors (Lipinski definition) is 1. The molecule has 1 aromatic carbocycles. The van der Waals surface area contributed by atoms with Crippen LogP contribution in [0, 0.1) is 11.8 Å². The van der Waals surface area contributed by atoms with Gasteiger partial charge in [-0.2, -0.15) is 0 Å². The molecule has 0 radical (unpaired) electrons. The van der Waals surface area contributed by atoms with Gasteiger partial charge >= 0.3 is 0 Å². The minimum absolute atomic E-state index is 0.128. The Morgan fingerprint density at radius 3 is 2.71 bits per heavy atom. The minimum atomic E-state index is -0.128. The third-order valence-corrected chi connectivity index (χ3v) is 4.20. The van der Waals surface area contributed by atoms with E-state index in [4.69, 9.17) is 9.84 Å². The number of ether oxygens (including phenoxy) is 1. The van der Waals surface area contributed by atoms with Crippen molar-refractivity contribution < 1.29 is 9.84 Å². The Bertz CT molecular complexity index is 510. The molecule has 0 aliphatic heterocycles. The van der Waals surface area contributed by atoms with E-state index in [1.807, 2.05) is 6.07 Å². The number of rotatable bonds is 5. The summed E-state index contributed by atoms with van der Waals surface area (Å²) in [5.74, 6) is 6.44. The van der Waals surface area contributed by atoms with Crippen LogP contribution >= 0.6 is 0 Å². The van der Waals surface area contributed by atoms with Gasteiger partial charge in [0.1, 0.15) is 12.4 Å². The van der Waals surface area contributed by atoms with Crippen LogP contribution in [0.3, 0.4) is 0 Å². The van der Waals surface area contributed by atoms with E-state index in [9.17, 15) is 0 Å². The molecular weight excluding hydrogens is 262 g/mol. The molecule has 0 amide bonds. The van der Waals surface area contributed by atoms with Crippen LogP contribution < -0.4 is 4.74 Å². The lowest BCUT2D eigenvalue weighted by molar-refractivity contribution is 0.200. The maximum atomic E-state index is 8.86. The van der Waals surface area contributed by atoms with Gasteiger partial charge in [0.15, 0.2) is 0 Å². The van der Waals surface area contributed by atoms with Crippen LogP contribution in [0.2, 0.25) is 0 Å². The molecule has 1 fully saturated rings. The number of hydrogen-bond acceptors (Lipinski definition) is 3. The van der Waals surface area contributed by atoms with Crippen molar-refractivity contribution in [2.75, 3.05) is 20.3 Å². The minimum Gasteiger partial charge on any atom is -0.495 e. The molecule has 0 bridgehead atoms. The molecular formula is C18H25NO2. The van der Waals surface area contributed by atoms with Crippen molar-refractivity contribution in [2.45, 2.75) is 45.2 Å². The monoisotopic (exact) mass is 287 g/mol. The fraction of sp³-hybridized carbons (Fsp3) is 0.556. The predicted molar refractivity (Wildman–Crippen MR) is 85.3 cm³/mol. The van der Waals surface area contributed by atoms with Gasteiger partial charge in [0.2, 0.25) is 0 Å². The van der Waals surface area contributed by atoms with E-state index in [2.05, 4.69) is 35.8 Å². The second-order valence-corrected chi connectivity index (χ2v) is 5.50. The highest BCUT2D eigenvalue weighted by Crippen LogP contribution is 2.26. The van der Waals surface area contributed by atoms with Crippen LogP contribution in [0.25, 0.3) is 0 Å². The smallest absolute Gasteiger partial charge is 0.134 e. The number of aliphatic hydroxyl groups excluding tert-OH is 1. The van der Waals surface area contributed by atoms with Crippen molar-refractivity contribution in [3.63, 3.8) is 0 Å². The van der Waals surface area contributed by atoms with Crippen LogP contribution in [-0.2, 0) is 6.54 Å². The molecule has 0 unspecified atom stereocenters. The molecule has 0 aromatic heterocycles. The first kappa shape index (κ1) is 15.9. The average molecular weight is 287 g/mol. The fourth-order valence-electron chi connectivity index (χ4n) is 3.09. The lowest BCUT2D eigenvalue weighted by atomic mass is 10.1. The van der Waals surface area contributed by atoms with Gasteiger partial charge in [-0.1, -0.05) is 37.7 Å². The Hall–Kier alpha value is -1.50. The predicted octanol–water partition coefficient (Wildman–Crippen LogP) is 2.80. The van der Waals surface area contributed by atoms with Crippen molar-refractivity contribution in [2.24, 2.45) is 0 Å². The molecule has 1 aliphatic rings. The summed E-state index contributed by atoms with van der Waals surface area (Å²) in [5, 5.41) is 8.86. The number of methoxy groups -OCH3 is 1. The number of benzene rings is 1. The summed E-state index contributed by atoms with van der Waals surface area (Å²) >= 11 is 0. The van der Waals surface area contributed by atoms with Crippen molar-refractivity contribution >= 4 is 0 Å². The van der Waals surface area contributed by atoms with E-state index < -0.39 is 0 Å². The number of nitrogens with zero attached hydrogens (tertiary/aromatic N) is 1. The third-order valence-electron chi connectivity index (χ3n) is 4.20. The van der Waals surface area contributed by atoms with Gasteiger partial charge in [0.25, 0.3) is 0 Å². The van der Waals surface area contributed by atoms with Crippen molar-refractivity contribution in [3.8, 4) is 17.6 Å². The molecule has 2 rings (SSSR count). The van der Waals surface area contributed by atoms with Crippen LogP contribution in [0.5, 0.6) is 5.75 Å². The molecule has 1 aromatic rings. The lowest BCUT2D eigenvalue weighted by Gasteiger charge is -2.27. The number of aliphatic hydroxyl groups is 1. The standard InChI is InChI=1S/C18H25NO2/c1-3-19(17-8-4-5-9-17)14-15-10-11-18(21-2)16(13-15)7-6-12-20/h10-11,13,17,20H,3-5,8-9,12,14H2,1-2H3. The second kappa shape index (κ2) is 8.07. The molecule has 1 saturated carbocycles. The van der Waals surface area contributed by atoms with Gasteiger partial charge < -0.3 is 9.84 Å². The quantitative estimate of drug-likeness (QED) is 0.845. The summed E-state index contributed by atoms with van der Waals surface area (Å²) in [4.78, 5) is 2.55. The van der Waals surface area contributed by atoms with Gasteiger partial charge in [-0.3, -0.25) is 4.90 Å². The topological polar surface area (TPSA) is 32.7 Å². The summed E-state index contributed by atoms with van der Waals surface area (Å²) < 4.78 is 5.33. The molecule has 0 spiro atoms. The zero-order valence-electron chi connectivity index (χ0n) is 13.1. The molecule has 21 heavy (non-hydrogen) atoms. The molecule has 0 saturated heterocycles. The Balaban J connectivity index is 2.15. The molecule has 3 heteroatoms. The van der Waals surface area contributed by atoms with Crippen molar-refractivity contribution in [3.05, 3.63) is 29.3 Å². The highest BCUT2D eigenvalue weighted by atomic mass is 16.5. The first-order chi connectivity index (χ1) is 10.3. The van der Waals surface area contributed by atoms with Crippen LogP contribution in [0.15, 0.2) is 18.2 Å². The fourth-order valence-corrected chi connectivity index (χ4v) is 3.09. The Morgan fingerprint density at radius 2 is 2.10 bits per heavy atom. The van der Waals surface area contributed by atoms with Gasteiger partial charge in [0.05, 0.1) is 12.7 Å². The van der Waals surface area contributed by atoms with E-state index in [0.29, 0.717) is 0 Å². The highest BCUT2D eigenvalue weighted by molar-refractivity contribution is 5.48. The SMILES string of the molecule is CCN(Cc1ccc(OC)c(C#CCO)c1)C1CCCC1. The molecule has 1 N–H and O–H groups in total. The molecule has 114 valence electrons. The van der Waals surface area contributed by atoms with E-state index >= 15 is 0 Å². The van der Waals surface area contributed by atoms with E-state index in [0.717, 1.165) is 30.4 Å².